The Labute approximate surface area is 172 Å². The molecule has 6 nitrogen and oxygen atoms in total. The molecular weight excluding hydrogens is 368 g/mol. The van der Waals surface area contributed by atoms with E-state index in [1.807, 2.05) is 43.3 Å². The van der Waals surface area contributed by atoms with Crippen LogP contribution in [0, 0.1) is 11.3 Å². The van der Waals surface area contributed by atoms with Gasteiger partial charge in [-0.1, -0.05) is 31.5 Å². The third-order valence-corrected chi connectivity index (χ3v) is 4.11. The summed E-state index contributed by atoms with van der Waals surface area (Å²) in [7, 11) is 0. The van der Waals surface area contributed by atoms with Gasteiger partial charge < -0.3 is 19.5 Å². The lowest BCUT2D eigenvalue weighted by Gasteiger charge is -2.14. The molecule has 2 rings (SSSR count). The van der Waals surface area contributed by atoms with Crippen molar-refractivity contribution < 1.29 is 19.0 Å². The number of carbonyl (C=O) groups is 1. The smallest absolute Gasteiger partial charge is 0.234 e. The van der Waals surface area contributed by atoms with E-state index >= 15 is 0 Å². The van der Waals surface area contributed by atoms with Gasteiger partial charge in [-0.15, -0.1) is 0 Å². The second-order valence-corrected chi connectivity index (χ2v) is 6.42. The fraction of sp³-hybridized carbons (Fsp3) is 0.391. The Kier molecular flexibility index (Phi) is 9.37. The zero-order valence-corrected chi connectivity index (χ0v) is 17.1. The number of amides is 1. The molecule has 154 valence electrons. The van der Waals surface area contributed by atoms with Gasteiger partial charge in [-0.05, 0) is 48.7 Å². The standard InChI is InChI=1S/C23H28N2O4/c1-3-5-18-6-9-20(10-7-18)28-14-15-29-21-11-8-19(16-22(21)27-4-2)17-25-23(26)12-13-24/h6-11,16H,3-5,12,14-15,17H2,1-2H3,(H,25,26). The van der Waals surface area contributed by atoms with E-state index in [1.54, 1.807) is 0 Å². The zero-order chi connectivity index (χ0) is 20.9. The van der Waals surface area contributed by atoms with Gasteiger partial charge >= 0.3 is 0 Å². The van der Waals surface area contributed by atoms with E-state index in [0.717, 1.165) is 24.2 Å². The van der Waals surface area contributed by atoms with Crippen LogP contribution in [-0.4, -0.2) is 25.7 Å². The van der Waals surface area contributed by atoms with E-state index in [2.05, 4.69) is 24.4 Å². The van der Waals surface area contributed by atoms with E-state index in [4.69, 9.17) is 19.5 Å². The van der Waals surface area contributed by atoms with Crippen LogP contribution in [0.25, 0.3) is 0 Å². The first-order chi connectivity index (χ1) is 14.2. The molecule has 0 radical (unpaired) electrons. The number of ether oxygens (including phenoxy) is 3. The highest BCUT2D eigenvalue weighted by Crippen LogP contribution is 2.28. The summed E-state index contributed by atoms with van der Waals surface area (Å²) in [6.07, 6.45) is 2.05. The average molecular weight is 396 g/mol. The first-order valence-corrected chi connectivity index (χ1v) is 9.90. The molecule has 0 aromatic heterocycles. The first-order valence-electron chi connectivity index (χ1n) is 9.90. The normalized spacial score (nSPS) is 10.1. The van der Waals surface area contributed by atoms with Crippen molar-refractivity contribution >= 4 is 5.91 Å². The Morgan fingerprint density at radius 2 is 1.69 bits per heavy atom. The summed E-state index contributed by atoms with van der Waals surface area (Å²) in [5.74, 6) is 1.76. The molecule has 1 N–H and O–H groups in total. The van der Waals surface area contributed by atoms with E-state index < -0.39 is 0 Å². The maximum Gasteiger partial charge on any atom is 0.234 e. The molecule has 0 aliphatic heterocycles. The van der Waals surface area contributed by atoms with E-state index in [9.17, 15) is 4.79 Å². The Bertz CT molecular complexity index is 813. The van der Waals surface area contributed by atoms with Gasteiger partial charge in [-0.3, -0.25) is 4.79 Å². The lowest BCUT2D eigenvalue weighted by atomic mass is 10.1. The van der Waals surface area contributed by atoms with Crippen LogP contribution < -0.4 is 19.5 Å². The molecule has 29 heavy (non-hydrogen) atoms. The Morgan fingerprint density at radius 1 is 0.966 bits per heavy atom. The van der Waals surface area contributed by atoms with Crippen LogP contribution in [0.2, 0.25) is 0 Å². The molecule has 1 amide bonds. The first kappa shape index (κ1) is 22.1. The highest BCUT2D eigenvalue weighted by atomic mass is 16.5. The number of nitrogens with one attached hydrogen (secondary N) is 1. The predicted octanol–water partition coefficient (Wildman–Crippen LogP) is 4.03. The summed E-state index contributed by atoms with van der Waals surface area (Å²) in [4.78, 5) is 11.4. The van der Waals surface area contributed by atoms with Crippen molar-refractivity contribution in [2.45, 2.75) is 39.7 Å². The van der Waals surface area contributed by atoms with E-state index in [1.165, 1.54) is 5.56 Å². The molecule has 0 aliphatic rings. The molecule has 0 heterocycles. The van der Waals surface area contributed by atoms with Gasteiger partial charge in [0.15, 0.2) is 11.5 Å². The van der Waals surface area contributed by atoms with Crippen LogP contribution in [0.4, 0.5) is 0 Å². The molecule has 0 spiro atoms. The van der Waals surface area contributed by atoms with Gasteiger partial charge in [0.1, 0.15) is 25.4 Å². The number of nitriles is 1. The van der Waals surface area contributed by atoms with Crippen LogP contribution in [0.3, 0.4) is 0 Å². The summed E-state index contributed by atoms with van der Waals surface area (Å²) >= 11 is 0. The van der Waals surface area contributed by atoms with Crippen LogP contribution >= 0.6 is 0 Å². The summed E-state index contributed by atoms with van der Waals surface area (Å²) in [6.45, 7) is 5.70. The van der Waals surface area contributed by atoms with Gasteiger partial charge in [-0.2, -0.15) is 5.26 Å². The Morgan fingerprint density at radius 3 is 2.38 bits per heavy atom. The molecule has 2 aromatic rings. The largest absolute Gasteiger partial charge is 0.490 e. The molecule has 0 atom stereocenters. The van der Waals surface area contributed by atoms with Crippen LogP contribution in [0.5, 0.6) is 17.2 Å². The van der Waals surface area contributed by atoms with Crippen molar-refractivity contribution in [2.24, 2.45) is 0 Å². The maximum absolute atomic E-state index is 11.4. The third kappa shape index (κ3) is 7.74. The summed E-state index contributed by atoms with van der Waals surface area (Å²) < 4.78 is 17.2. The number of hydrogen-bond acceptors (Lipinski definition) is 5. The third-order valence-electron chi connectivity index (χ3n) is 4.11. The average Bonchev–Trinajstić information content (AvgIpc) is 2.72. The van der Waals surface area contributed by atoms with Crippen molar-refractivity contribution in [3.63, 3.8) is 0 Å². The number of hydrogen-bond donors (Lipinski definition) is 1. The minimum Gasteiger partial charge on any atom is -0.490 e. The molecule has 0 saturated carbocycles. The van der Waals surface area contributed by atoms with Crippen molar-refractivity contribution in [3.8, 4) is 23.3 Å². The van der Waals surface area contributed by atoms with Crippen molar-refractivity contribution in [1.29, 1.82) is 5.26 Å². The number of aryl methyl sites for hydroxylation is 1. The molecule has 0 bridgehead atoms. The van der Waals surface area contributed by atoms with Crippen LogP contribution in [-0.2, 0) is 17.8 Å². The van der Waals surface area contributed by atoms with Crippen molar-refractivity contribution in [2.75, 3.05) is 19.8 Å². The van der Waals surface area contributed by atoms with Gasteiger partial charge in [0.25, 0.3) is 0 Å². The molecule has 2 aromatic carbocycles. The lowest BCUT2D eigenvalue weighted by molar-refractivity contribution is -0.120. The molecule has 0 saturated heterocycles. The monoisotopic (exact) mass is 396 g/mol. The van der Waals surface area contributed by atoms with Crippen molar-refractivity contribution in [1.82, 2.24) is 5.32 Å². The molecule has 0 fully saturated rings. The summed E-state index contributed by atoms with van der Waals surface area (Å²) in [5, 5.41) is 11.2. The SMILES string of the molecule is CCCc1ccc(OCCOc2ccc(CNC(=O)CC#N)cc2OCC)cc1. The second-order valence-electron chi connectivity index (χ2n) is 6.42. The fourth-order valence-electron chi connectivity index (χ4n) is 2.74. The Hall–Kier alpha value is -3.20. The van der Waals surface area contributed by atoms with E-state index in [-0.39, 0.29) is 12.3 Å². The van der Waals surface area contributed by atoms with Crippen LogP contribution in [0.15, 0.2) is 42.5 Å². The van der Waals surface area contributed by atoms with Gasteiger partial charge in [0.05, 0.1) is 12.7 Å². The Balaban J connectivity index is 1.85. The zero-order valence-electron chi connectivity index (χ0n) is 17.1. The summed E-state index contributed by atoms with van der Waals surface area (Å²) in [5.41, 5.74) is 2.18. The second kappa shape index (κ2) is 12.3. The topological polar surface area (TPSA) is 80.6 Å². The number of rotatable bonds is 12. The van der Waals surface area contributed by atoms with Gasteiger partial charge in [-0.25, -0.2) is 0 Å². The number of carbonyl (C=O) groups excluding carboxylic acids is 1. The minimum absolute atomic E-state index is 0.152. The predicted molar refractivity (Wildman–Crippen MR) is 111 cm³/mol. The highest BCUT2D eigenvalue weighted by Gasteiger charge is 2.08. The lowest BCUT2D eigenvalue weighted by Crippen LogP contribution is -2.21. The summed E-state index contributed by atoms with van der Waals surface area (Å²) in [6, 6.07) is 15.5. The van der Waals surface area contributed by atoms with Crippen molar-refractivity contribution in [3.05, 3.63) is 53.6 Å². The fourth-order valence-corrected chi connectivity index (χ4v) is 2.74. The molecule has 0 aliphatic carbocycles. The molecule has 6 heteroatoms. The number of nitrogens with zero attached hydrogens (tertiary/aromatic N) is 1. The van der Waals surface area contributed by atoms with Gasteiger partial charge in [0.2, 0.25) is 5.91 Å². The highest BCUT2D eigenvalue weighted by molar-refractivity contribution is 5.77. The molecule has 0 unspecified atom stereocenters. The molecular formula is C23H28N2O4. The minimum atomic E-state index is -0.300. The maximum atomic E-state index is 11.4. The van der Waals surface area contributed by atoms with Gasteiger partial charge in [0, 0.05) is 6.54 Å². The number of benzene rings is 2. The van der Waals surface area contributed by atoms with Crippen LogP contribution in [0.1, 0.15) is 37.8 Å². The quantitative estimate of drug-likeness (QED) is 0.548. The van der Waals surface area contributed by atoms with E-state index in [0.29, 0.717) is 37.9 Å².